The third-order valence-electron chi connectivity index (χ3n) is 7.82. The van der Waals surface area contributed by atoms with Crippen molar-refractivity contribution in [2.24, 2.45) is 11.7 Å². The Labute approximate surface area is 206 Å². The maximum absolute atomic E-state index is 15.0. The normalized spacial score (nSPS) is 25.4. The Morgan fingerprint density at radius 1 is 1.26 bits per heavy atom. The fourth-order valence-electron chi connectivity index (χ4n) is 5.15. The monoisotopic (exact) mass is 482 g/mol. The summed E-state index contributed by atoms with van der Waals surface area (Å²) in [5.41, 5.74) is 7.20. The van der Waals surface area contributed by atoms with Gasteiger partial charge in [0, 0.05) is 36.9 Å². The Kier molecular flexibility index (Phi) is 6.17. The minimum Gasteiger partial charge on any atom is -0.447 e. The van der Waals surface area contributed by atoms with Crippen molar-refractivity contribution in [1.82, 2.24) is 14.9 Å². The number of carbonyl (C=O) groups is 1. The molecule has 0 spiro atoms. The summed E-state index contributed by atoms with van der Waals surface area (Å²) in [5.74, 6) is 1.11. The Morgan fingerprint density at radius 3 is 2.69 bits per heavy atom. The van der Waals surface area contributed by atoms with E-state index < -0.39 is 0 Å². The van der Waals surface area contributed by atoms with E-state index in [0.29, 0.717) is 36.4 Å². The molecule has 2 atom stereocenters. The molecular formula is C26H35FN6O2. The molecule has 2 aliphatic heterocycles. The van der Waals surface area contributed by atoms with Gasteiger partial charge in [0.15, 0.2) is 0 Å². The Hall–Kier alpha value is -2.78. The molecule has 0 radical (unpaired) electrons. The Bertz CT molecular complexity index is 1100. The predicted octanol–water partition coefficient (Wildman–Crippen LogP) is 4.23. The number of cyclic esters (lactones) is 1. The summed E-state index contributed by atoms with van der Waals surface area (Å²) >= 11 is 0. The smallest absolute Gasteiger partial charge is 0.416 e. The highest BCUT2D eigenvalue weighted by Crippen LogP contribution is 2.47. The molecule has 0 bridgehead atoms. The molecule has 8 nitrogen and oxygen atoms in total. The molecule has 1 aliphatic carbocycles. The summed E-state index contributed by atoms with van der Waals surface area (Å²) < 4.78 is 20.3. The number of anilines is 2. The zero-order valence-electron chi connectivity index (χ0n) is 20.8. The van der Waals surface area contributed by atoms with Crippen LogP contribution in [0.2, 0.25) is 0 Å². The molecule has 1 aromatic heterocycles. The van der Waals surface area contributed by atoms with Crippen LogP contribution in [0, 0.1) is 11.7 Å². The fourth-order valence-corrected chi connectivity index (χ4v) is 5.15. The molecule has 1 aromatic carbocycles. The van der Waals surface area contributed by atoms with Crippen LogP contribution in [-0.4, -0.2) is 51.7 Å². The van der Waals surface area contributed by atoms with Crippen LogP contribution in [0.3, 0.4) is 0 Å². The van der Waals surface area contributed by atoms with Gasteiger partial charge in [-0.1, -0.05) is 12.1 Å². The molecule has 1 unspecified atom stereocenters. The van der Waals surface area contributed by atoms with E-state index in [1.807, 2.05) is 19.1 Å². The summed E-state index contributed by atoms with van der Waals surface area (Å²) in [6.07, 6.45) is 5.26. The summed E-state index contributed by atoms with van der Waals surface area (Å²) in [6.45, 7) is 8.78. The summed E-state index contributed by atoms with van der Waals surface area (Å²) in [4.78, 5) is 25.3. The van der Waals surface area contributed by atoms with E-state index in [2.05, 4.69) is 34.0 Å². The van der Waals surface area contributed by atoms with Gasteiger partial charge in [-0.15, -0.1) is 0 Å². The number of nitrogens with two attached hydrogens (primary N) is 1. The van der Waals surface area contributed by atoms with Gasteiger partial charge >= 0.3 is 6.09 Å². The highest BCUT2D eigenvalue weighted by Gasteiger charge is 2.54. The number of halogens is 1. The quantitative estimate of drug-likeness (QED) is 0.610. The number of carbonyl (C=O) groups excluding carboxylic acids is 1. The predicted molar refractivity (Wildman–Crippen MR) is 133 cm³/mol. The Balaban J connectivity index is 1.26. The van der Waals surface area contributed by atoms with Crippen LogP contribution in [0.4, 0.5) is 21.0 Å². The number of nitrogens with one attached hydrogen (secondary N) is 1. The largest absolute Gasteiger partial charge is 0.447 e. The molecule has 1 saturated carbocycles. The van der Waals surface area contributed by atoms with E-state index in [9.17, 15) is 9.18 Å². The highest BCUT2D eigenvalue weighted by atomic mass is 19.1. The summed E-state index contributed by atoms with van der Waals surface area (Å²) in [6, 6.07) is 6.89. The topological polar surface area (TPSA) is 96.6 Å². The number of hydrogen-bond acceptors (Lipinski definition) is 7. The molecule has 3 heterocycles. The Morgan fingerprint density at radius 2 is 2.00 bits per heavy atom. The van der Waals surface area contributed by atoms with Crippen LogP contribution in [0.1, 0.15) is 63.6 Å². The number of aromatic nitrogens is 2. The van der Waals surface area contributed by atoms with Crippen LogP contribution in [-0.2, 0) is 11.3 Å². The minimum absolute atomic E-state index is 0.120. The van der Waals surface area contributed by atoms with E-state index in [4.69, 9.17) is 10.5 Å². The third kappa shape index (κ3) is 4.97. The van der Waals surface area contributed by atoms with Crippen LogP contribution < -0.4 is 16.0 Å². The summed E-state index contributed by atoms with van der Waals surface area (Å²) in [5, 5.41) is 3.25. The number of ether oxygens (including phenoxy) is 1. The van der Waals surface area contributed by atoms with Gasteiger partial charge in [-0.25, -0.2) is 14.2 Å². The van der Waals surface area contributed by atoms with Gasteiger partial charge in [0.05, 0.1) is 11.6 Å². The van der Waals surface area contributed by atoms with Crippen LogP contribution in [0.5, 0.6) is 0 Å². The average molecular weight is 483 g/mol. The lowest BCUT2D eigenvalue weighted by atomic mass is 9.91. The van der Waals surface area contributed by atoms with E-state index in [-0.39, 0.29) is 29.0 Å². The second-order valence-electron chi connectivity index (χ2n) is 10.9. The number of rotatable bonds is 7. The second kappa shape index (κ2) is 9.02. The lowest BCUT2D eigenvalue weighted by Gasteiger charge is -2.36. The van der Waals surface area contributed by atoms with Gasteiger partial charge in [-0.3, -0.25) is 9.80 Å². The molecular weight excluding hydrogens is 447 g/mol. The number of hydrogen-bond donors (Lipinski definition) is 2. The molecule has 9 heteroatoms. The van der Waals surface area contributed by atoms with Crippen molar-refractivity contribution in [3.8, 4) is 0 Å². The maximum atomic E-state index is 15.0. The van der Waals surface area contributed by atoms with Crippen molar-refractivity contribution < 1.29 is 13.9 Å². The molecule has 5 rings (SSSR count). The zero-order chi connectivity index (χ0) is 24.8. The number of piperidine rings is 1. The molecule has 3 aliphatic rings. The van der Waals surface area contributed by atoms with Gasteiger partial charge < -0.3 is 15.8 Å². The minimum atomic E-state index is -0.385. The van der Waals surface area contributed by atoms with Crippen molar-refractivity contribution in [1.29, 1.82) is 0 Å². The van der Waals surface area contributed by atoms with Gasteiger partial charge in [0.1, 0.15) is 18.2 Å². The van der Waals surface area contributed by atoms with E-state index in [1.165, 1.54) is 0 Å². The molecule has 3 N–H and O–H groups in total. The van der Waals surface area contributed by atoms with Crippen LogP contribution in [0.25, 0.3) is 0 Å². The number of benzene rings is 1. The SMILES string of the molecule is C[C@H](Nc1nccc(N2C(=O)OCC2(C)C2CC2)n1)c1ccc(CN2CCC(C)(N)CC2)c(F)c1. The fraction of sp³-hybridized carbons (Fsp3) is 0.577. The first kappa shape index (κ1) is 23.9. The summed E-state index contributed by atoms with van der Waals surface area (Å²) in [7, 11) is 0. The van der Waals surface area contributed by atoms with Crippen molar-refractivity contribution in [3.63, 3.8) is 0 Å². The van der Waals surface area contributed by atoms with Crippen molar-refractivity contribution in [2.75, 3.05) is 29.9 Å². The number of likely N-dealkylation sites (tertiary alicyclic amines) is 1. The molecule has 1 amide bonds. The van der Waals surface area contributed by atoms with Gasteiger partial charge in [0.2, 0.25) is 5.95 Å². The van der Waals surface area contributed by atoms with E-state index in [1.54, 1.807) is 23.2 Å². The lowest BCUT2D eigenvalue weighted by molar-refractivity contribution is 0.163. The maximum Gasteiger partial charge on any atom is 0.416 e. The highest BCUT2D eigenvalue weighted by molar-refractivity contribution is 5.90. The first-order valence-electron chi connectivity index (χ1n) is 12.5. The number of nitrogens with zero attached hydrogens (tertiary/aromatic N) is 4. The first-order chi connectivity index (χ1) is 16.6. The van der Waals surface area contributed by atoms with Gasteiger partial charge in [-0.2, -0.15) is 4.98 Å². The van der Waals surface area contributed by atoms with E-state index in [0.717, 1.165) is 44.3 Å². The molecule has 2 aromatic rings. The molecule has 3 fully saturated rings. The molecule has 35 heavy (non-hydrogen) atoms. The second-order valence-corrected chi connectivity index (χ2v) is 10.9. The number of amides is 1. The van der Waals surface area contributed by atoms with Crippen molar-refractivity contribution in [2.45, 2.75) is 70.1 Å². The van der Waals surface area contributed by atoms with Crippen LogP contribution >= 0.6 is 0 Å². The molecule has 188 valence electrons. The van der Waals surface area contributed by atoms with Crippen LogP contribution in [0.15, 0.2) is 30.5 Å². The first-order valence-corrected chi connectivity index (χ1v) is 12.5. The van der Waals surface area contributed by atoms with Crippen molar-refractivity contribution >= 4 is 17.9 Å². The average Bonchev–Trinajstić information content (AvgIpc) is 3.62. The van der Waals surface area contributed by atoms with Crippen molar-refractivity contribution in [3.05, 3.63) is 47.4 Å². The third-order valence-corrected chi connectivity index (χ3v) is 7.82. The standard InChI is InChI=1S/C26H35FN6O2/c1-17(18-4-5-19(21(27)14-18)15-32-12-9-25(2,28)10-13-32)30-23-29-11-8-22(31-23)33-24(34)35-16-26(33,3)20-6-7-20/h4-5,8,11,14,17,20H,6-7,9-10,12-13,15-16,28H2,1-3H3,(H,29,30,31)/t17-,26?/m0/s1. The van der Waals surface area contributed by atoms with E-state index >= 15 is 0 Å². The van der Waals surface area contributed by atoms with Gasteiger partial charge in [0.25, 0.3) is 0 Å². The lowest BCUT2D eigenvalue weighted by Crippen LogP contribution is -2.47. The zero-order valence-corrected chi connectivity index (χ0v) is 20.8. The van der Waals surface area contributed by atoms with Gasteiger partial charge in [-0.05, 0) is 70.1 Å². The molecule has 2 saturated heterocycles.